The highest BCUT2D eigenvalue weighted by molar-refractivity contribution is 6.31. The van der Waals surface area contributed by atoms with Crippen LogP contribution in [0, 0.1) is 0 Å². The summed E-state index contributed by atoms with van der Waals surface area (Å²) in [6.45, 7) is 3.08. The molecule has 2 heterocycles. The molecule has 0 spiro atoms. The third kappa shape index (κ3) is 3.11. The van der Waals surface area contributed by atoms with Crippen molar-refractivity contribution in [3.8, 4) is 17.2 Å². The van der Waals surface area contributed by atoms with E-state index in [2.05, 4.69) is 0 Å². The Kier molecular flexibility index (Phi) is 5.14. The smallest absolute Gasteiger partial charge is 0.228 e. The predicted molar refractivity (Wildman–Crippen MR) is 129 cm³/mol. The van der Waals surface area contributed by atoms with Crippen molar-refractivity contribution in [2.45, 2.75) is 68.5 Å². The largest absolute Gasteiger partial charge is 0.507 e. The Morgan fingerprint density at radius 1 is 1.00 bits per heavy atom. The van der Waals surface area contributed by atoms with Crippen LogP contribution < -0.4 is 4.74 Å². The van der Waals surface area contributed by atoms with Crippen LogP contribution in [0.4, 0.5) is 0 Å². The molecule has 0 amide bonds. The first-order valence-corrected chi connectivity index (χ1v) is 12.3. The van der Waals surface area contributed by atoms with Crippen molar-refractivity contribution < 1.29 is 49.7 Å². The molecule has 4 aliphatic rings. The average molecular weight is 528 g/mol. The Bertz CT molecular complexity index is 1430. The fraction of sp³-hybridized carbons (Fsp3) is 0.481. The van der Waals surface area contributed by atoms with E-state index in [1.54, 1.807) is 25.9 Å². The van der Waals surface area contributed by atoms with Crippen molar-refractivity contribution >= 4 is 11.6 Å². The number of carbonyl (C=O) groups excluding carboxylic acids is 2. The summed E-state index contributed by atoms with van der Waals surface area (Å²) in [5.41, 5.74) is -3.51. The van der Waals surface area contributed by atoms with Crippen molar-refractivity contribution in [3.63, 3.8) is 0 Å². The maximum absolute atomic E-state index is 14.0. The van der Waals surface area contributed by atoms with Gasteiger partial charge in [0, 0.05) is 29.5 Å². The lowest BCUT2D eigenvalue weighted by atomic mass is 9.72. The molecular formula is C27H29NO10. The van der Waals surface area contributed by atoms with Gasteiger partial charge in [0.25, 0.3) is 0 Å². The van der Waals surface area contributed by atoms with Crippen LogP contribution in [0.3, 0.4) is 0 Å². The number of aliphatic hydroxyl groups is 4. The molecule has 2 aromatic rings. The maximum atomic E-state index is 14.0. The predicted octanol–water partition coefficient (Wildman–Crippen LogP) is 0.220. The summed E-state index contributed by atoms with van der Waals surface area (Å²) < 4.78 is 11.8. The first-order valence-electron chi connectivity index (χ1n) is 12.3. The number of carbonyl (C=O) groups is 2. The van der Waals surface area contributed by atoms with Gasteiger partial charge in [-0.15, -0.1) is 0 Å². The fourth-order valence-electron chi connectivity index (χ4n) is 6.59. The maximum Gasteiger partial charge on any atom is 0.228 e. The van der Waals surface area contributed by atoms with E-state index in [-0.39, 0.29) is 46.4 Å². The Morgan fingerprint density at radius 2 is 1.68 bits per heavy atom. The summed E-state index contributed by atoms with van der Waals surface area (Å²) in [7, 11) is 3.35. The van der Waals surface area contributed by atoms with Crippen LogP contribution in [0.25, 0.3) is 0 Å². The molecule has 2 aliphatic carbocycles. The first-order chi connectivity index (χ1) is 17.7. The van der Waals surface area contributed by atoms with Crippen molar-refractivity contribution in [3.05, 3.63) is 51.1 Å². The van der Waals surface area contributed by atoms with Crippen molar-refractivity contribution in [1.82, 2.24) is 4.90 Å². The molecule has 0 aromatic heterocycles. The number of aliphatic hydroxyl groups excluding tert-OH is 3. The molecule has 2 aromatic carbocycles. The number of phenols is 2. The molecule has 7 unspecified atom stereocenters. The molecule has 6 rings (SSSR count). The Morgan fingerprint density at radius 3 is 2.34 bits per heavy atom. The van der Waals surface area contributed by atoms with Gasteiger partial charge in [-0.25, -0.2) is 0 Å². The van der Waals surface area contributed by atoms with Crippen LogP contribution in [0.1, 0.15) is 74.9 Å². The summed E-state index contributed by atoms with van der Waals surface area (Å²) >= 11 is 0. The number of hydrogen-bond acceptors (Lipinski definition) is 11. The molecule has 11 nitrogen and oxygen atoms in total. The van der Waals surface area contributed by atoms with Gasteiger partial charge < -0.3 is 45.0 Å². The third-order valence-corrected chi connectivity index (χ3v) is 8.39. The Balaban J connectivity index is 1.58. The molecule has 6 N–H and O–H groups in total. The van der Waals surface area contributed by atoms with Gasteiger partial charge in [0.1, 0.15) is 35.1 Å². The van der Waals surface area contributed by atoms with E-state index in [9.17, 15) is 40.2 Å². The zero-order valence-corrected chi connectivity index (χ0v) is 21.2. The molecule has 202 valence electrons. The van der Waals surface area contributed by atoms with Gasteiger partial charge in [-0.3, -0.25) is 9.59 Å². The highest BCUT2D eigenvalue weighted by Gasteiger charge is 2.59. The number of fused-ring (bicyclic) bond motifs is 8. The van der Waals surface area contributed by atoms with E-state index >= 15 is 0 Å². The number of ether oxygens (including phenoxy) is 2. The van der Waals surface area contributed by atoms with Crippen molar-refractivity contribution in [2.75, 3.05) is 14.1 Å². The standard InChI is InChI=1S/C27H29NO10/c1-26(36)7-9-5-10-15(20(32)14(9)13(30)8-26)21(33)16-12(29)6-11-23(17(16)19(10)31)37-25-22(34)18(28(3)4)24(35)27(11,2)38-25/h5-6,13,18,22,24-25,29-30,32,34-36H,7-8H2,1-4H3. The number of hydrogen-bond donors (Lipinski definition) is 6. The number of phenolic OH excluding ortho intramolecular Hbond substituents is 2. The van der Waals surface area contributed by atoms with Gasteiger partial charge in [0.05, 0.1) is 34.4 Å². The highest BCUT2D eigenvalue weighted by Crippen LogP contribution is 2.54. The summed E-state index contributed by atoms with van der Waals surface area (Å²) in [5, 5.41) is 65.4. The second-order valence-electron chi connectivity index (χ2n) is 11.4. The molecule has 1 fully saturated rings. The highest BCUT2D eigenvalue weighted by atomic mass is 16.7. The summed E-state index contributed by atoms with van der Waals surface area (Å²) in [6, 6.07) is 1.76. The van der Waals surface area contributed by atoms with Gasteiger partial charge in [-0.1, -0.05) is 0 Å². The minimum absolute atomic E-state index is 0.0293. The minimum Gasteiger partial charge on any atom is -0.507 e. The van der Waals surface area contributed by atoms with Crippen LogP contribution in [-0.4, -0.2) is 91.3 Å². The molecule has 11 heteroatoms. The van der Waals surface area contributed by atoms with Crippen LogP contribution in [0.5, 0.6) is 17.2 Å². The van der Waals surface area contributed by atoms with Gasteiger partial charge in [0.15, 0.2) is 5.78 Å². The molecule has 2 aliphatic heterocycles. The zero-order chi connectivity index (χ0) is 27.6. The monoisotopic (exact) mass is 527 g/mol. The number of rotatable bonds is 1. The third-order valence-electron chi connectivity index (χ3n) is 8.39. The molecule has 38 heavy (non-hydrogen) atoms. The van der Waals surface area contributed by atoms with Crippen LogP contribution >= 0.6 is 0 Å². The first kappa shape index (κ1) is 25.2. The van der Waals surface area contributed by atoms with Crippen LogP contribution in [0.15, 0.2) is 12.1 Å². The van der Waals surface area contributed by atoms with E-state index in [1.807, 2.05) is 0 Å². The molecule has 0 radical (unpaired) electrons. The van der Waals surface area contributed by atoms with Crippen molar-refractivity contribution in [1.29, 1.82) is 0 Å². The van der Waals surface area contributed by atoms with Gasteiger partial charge in [-0.2, -0.15) is 0 Å². The van der Waals surface area contributed by atoms with Crippen molar-refractivity contribution in [2.24, 2.45) is 0 Å². The van der Waals surface area contributed by atoms with E-state index < -0.39 is 70.5 Å². The second kappa shape index (κ2) is 7.75. The van der Waals surface area contributed by atoms with E-state index in [1.165, 1.54) is 19.1 Å². The van der Waals surface area contributed by atoms with Gasteiger partial charge in [-0.05, 0) is 45.6 Å². The fourth-order valence-corrected chi connectivity index (χ4v) is 6.59. The topological polar surface area (TPSA) is 177 Å². The summed E-state index contributed by atoms with van der Waals surface area (Å²) in [6.07, 6.45) is -5.22. The lowest BCUT2D eigenvalue weighted by Gasteiger charge is -2.53. The van der Waals surface area contributed by atoms with Crippen LogP contribution in [-0.2, 0) is 16.8 Å². The average Bonchev–Trinajstić information content (AvgIpc) is 2.80. The molecule has 1 saturated heterocycles. The number of likely N-dealkylation sites (N-methyl/N-ethyl adjacent to an activating group) is 1. The zero-order valence-electron chi connectivity index (χ0n) is 21.2. The quantitative estimate of drug-likeness (QED) is 0.255. The normalized spacial score (nSPS) is 35.2. The Hall–Kier alpha value is -3.06. The number of ketones is 2. The SMILES string of the molecule is CN(C)C1C(O)C2Oc3c(cc(O)c4c3C(=O)c3cc5c(c(O)c3C4=O)C(O)CC(C)(O)C5)C(C)(O2)C1O. The molecule has 0 saturated carbocycles. The number of benzene rings is 2. The number of nitrogens with zero attached hydrogens (tertiary/aromatic N) is 1. The second-order valence-corrected chi connectivity index (χ2v) is 11.4. The minimum atomic E-state index is -1.51. The van der Waals surface area contributed by atoms with E-state index in [4.69, 9.17) is 9.47 Å². The number of aromatic hydroxyl groups is 2. The van der Waals surface area contributed by atoms with Crippen LogP contribution in [0.2, 0.25) is 0 Å². The summed E-state index contributed by atoms with van der Waals surface area (Å²) in [5.74, 6) is -2.85. The van der Waals surface area contributed by atoms with E-state index in [0.717, 1.165) is 0 Å². The summed E-state index contributed by atoms with van der Waals surface area (Å²) in [4.78, 5) is 29.3. The van der Waals surface area contributed by atoms with E-state index in [0.29, 0.717) is 5.56 Å². The molecule has 7 atom stereocenters. The molecule has 2 bridgehead atoms. The lowest BCUT2D eigenvalue weighted by molar-refractivity contribution is -0.311. The Labute approximate surface area is 217 Å². The van der Waals surface area contributed by atoms with Gasteiger partial charge in [0.2, 0.25) is 12.1 Å². The molecular weight excluding hydrogens is 498 g/mol. The van der Waals surface area contributed by atoms with Gasteiger partial charge >= 0.3 is 0 Å². The lowest BCUT2D eigenvalue weighted by Crippen LogP contribution is -2.68.